The third kappa shape index (κ3) is 5.32. The minimum Gasteiger partial charge on any atom is -0.493 e. The first-order valence-electron chi connectivity index (χ1n) is 10.2. The van der Waals surface area contributed by atoms with Crippen molar-refractivity contribution in [3.8, 4) is 11.5 Å². The van der Waals surface area contributed by atoms with E-state index in [1.54, 1.807) is 28.9 Å². The Kier molecular flexibility index (Phi) is 6.89. The van der Waals surface area contributed by atoms with E-state index in [1.165, 1.54) is 24.2 Å². The van der Waals surface area contributed by atoms with E-state index in [0.717, 1.165) is 5.56 Å². The van der Waals surface area contributed by atoms with Crippen molar-refractivity contribution in [1.29, 1.82) is 0 Å². The Morgan fingerprint density at radius 1 is 1.15 bits per heavy atom. The number of carbonyl (C=O) groups is 1. The Morgan fingerprint density at radius 2 is 1.97 bits per heavy atom. The Bertz CT molecular complexity index is 1330. The van der Waals surface area contributed by atoms with E-state index >= 15 is 0 Å². The lowest BCUT2D eigenvalue weighted by atomic mass is 10.2. The van der Waals surface area contributed by atoms with Gasteiger partial charge in [0.05, 0.1) is 26.4 Å². The summed E-state index contributed by atoms with van der Waals surface area (Å²) in [7, 11) is 1.54. The molecule has 0 aliphatic heterocycles. The standard InChI is InChI=1S/C23H22ClN5O4/c1-32-19-7-2-3-8-20(19)33-14-21(30)25-9-10-29-22-18(12-27-29)23(31)28(15-26-22)13-16-5-4-6-17(24)11-16/h2-8,11-12,15H,9-10,13-14H2,1H3,(H,25,30). The molecule has 170 valence electrons. The number of hydrogen-bond acceptors (Lipinski definition) is 6. The van der Waals surface area contributed by atoms with Crippen molar-refractivity contribution in [3.63, 3.8) is 0 Å². The summed E-state index contributed by atoms with van der Waals surface area (Å²) in [5, 5.41) is 8.04. The molecule has 4 rings (SSSR count). The molecule has 0 bridgehead atoms. The number of carbonyl (C=O) groups excluding carboxylic acids is 1. The van der Waals surface area contributed by atoms with Crippen molar-refractivity contribution >= 4 is 28.5 Å². The van der Waals surface area contributed by atoms with Gasteiger partial charge >= 0.3 is 0 Å². The van der Waals surface area contributed by atoms with Crippen LogP contribution >= 0.6 is 11.6 Å². The van der Waals surface area contributed by atoms with Crippen molar-refractivity contribution < 1.29 is 14.3 Å². The van der Waals surface area contributed by atoms with Crippen LogP contribution in [0.15, 0.2) is 65.8 Å². The second kappa shape index (κ2) is 10.2. The van der Waals surface area contributed by atoms with E-state index in [9.17, 15) is 9.59 Å². The fraction of sp³-hybridized carbons (Fsp3) is 0.217. The topological polar surface area (TPSA) is 100 Å². The van der Waals surface area contributed by atoms with Crippen LogP contribution in [0.3, 0.4) is 0 Å². The Morgan fingerprint density at radius 3 is 2.76 bits per heavy atom. The number of rotatable bonds is 9. The van der Waals surface area contributed by atoms with Crippen molar-refractivity contribution in [2.24, 2.45) is 0 Å². The SMILES string of the molecule is COc1ccccc1OCC(=O)NCCn1ncc2c(=O)n(Cc3cccc(Cl)c3)cnc21. The van der Waals surface area contributed by atoms with Gasteiger partial charge in [0, 0.05) is 11.6 Å². The number of benzene rings is 2. The number of aromatic nitrogens is 4. The van der Waals surface area contributed by atoms with Gasteiger partial charge in [0.2, 0.25) is 0 Å². The van der Waals surface area contributed by atoms with Crippen LogP contribution in [0.25, 0.3) is 11.0 Å². The third-order valence-electron chi connectivity index (χ3n) is 4.94. The monoisotopic (exact) mass is 467 g/mol. The molecule has 0 atom stereocenters. The van der Waals surface area contributed by atoms with E-state index in [1.807, 2.05) is 24.3 Å². The number of para-hydroxylation sites is 2. The van der Waals surface area contributed by atoms with Crippen LogP contribution in [0.2, 0.25) is 5.02 Å². The Hall–Kier alpha value is -3.85. The highest BCUT2D eigenvalue weighted by atomic mass is 35.5. The van der Waals surface area contributed by atoms with E-state index in [2.05, 4.69) is 15.4 Å². The molecule has 1 amide bonds. The summed E-state index contributed by atoms with van der Waals surface area (Å²) in [6.45, 7) is 0.870. The lowest BCUT2D eigenvalue weighted by molar-refractivity contribution is -0.123. The van der Waals surface area contributed by atoms with Gasteiger partial charge in [-0.05, 0) is 29.8 Å². The van der Waals surface area contributed by atoms with Gasteiger partial charge in [-0.2, -0.15) is 5.10 Å². The van der Waals surface area contributed by atoms with Crippen LogP contribution < -0.4 is 20.3 Å². The average Bonchev–Trinajstić information content (AvgIpc) is 3.23. The number of nitrogens with one attached hydrogen (secondary N) is 1. The minimum atomic E-state index is -0.283. The summed E-state index contributed by atoms with van der Waals surface area (Å²) in [5.74, 6) is 0.765. The smallest absolute Gasteiger partial charge is 0.264 e. The molecular formula is C23H22ClN5O4. The zero-order valence-corrected chi connectivity index (χ0v) is 18.7. The van der Waals surface area contributed by atoms with Crippen molar-refractivity contribution in [3.05, 3.63) is 82.0 Å². The summed E-state index contributed by atoms with van der Waals surface area (Å²) in [4.78, 5) is 29.3. The van der Waals surface area contributed by atoms with Crippen LogP contribution in [-0.4, -0.2) is 45.5 Å². The number of ether oxygens (including phenoxy) is 2. The molecule has 2 heterocycles. The summed E-state index contributed by atoms with van der Waals surface area (Å²) in [5.41, 5.74) is 1.17. The quantitative estimate of drug-likeness (QED) is 0.406. The van der Waals surface area contributed by atoms with Crippen molar-refractivity contribution in [2.45, 2.75) is 13.1 Å². The maximum absolute atomic E-state index is 12.8. The molecule has 2 aromatic carbocycles. The lowest BCUT2D eigenvalue weighted by Gasteiger charge is -2.10. The van der Waals surface area contributed by atoms with Crippen LogP contribution in [0.4, 0.5) is 0 Å². The molecule has 0 spiro atoms. The first-order chi connectivity index (χ1) is 16.0. The molecular weight excluding hydrogens is 446 g/mol. The molecule has 0 fully saturated rings. The molecule has 0 aliphatic carbocycles. The van der Waals surface area contributed by atoms with Crippen LogP contribution in [0.1, 0.15) is 5.56 Å². The second-order valence-electron chi connectivity index (χ2n) is 7.20. The average molecular weight is 468 g/mol. The number of fused-ring (bicyclic) bond motifs is 1. The van der Waals surface area contributed by atoms with Gasteiger partial charge < -0.3 is 14.8 Å². The van der Waals surface area contributed by atoms with E-state index in [4.69, 9.17) is 21.1 Å². The van der Waals surface area contributed by atoms with E-state index < -0.39 is 0 Å². The van der Waals surface area contributed by atoms with Gasteiger partial charge in [-0.25, -0.2) is 9.67 Å². The number of nitrogens with zero attached hydrogens (tertiary/aromatic N) is 4. The van der Waals surface area contributed by atoms with Gasteiger partial charge in [-0.15, -0.1) is 0 Å². The molecule has 0 aliphatic rings. The highest BCUT2D eigenvalue weighted by Gasteiger charge is 2.11. The van der Waals surface area contributed by atoms with Gasteiger partial charge in [0.15, 0.2) is 23.8 Å². The predicted octanol–water partition coefficient (Wildman–Crippen LogP) is 2.50. The molecule has 2 aromatic heterocycles. The predicted molar refractivity (Wildman–Crippen MR) is 124 cm³/mol. The highest BCUT2D eigenvalue weighted by Crippen LogP contribution is 2.25. The summed E-state index contributed by atoms with van der Waals surface area (Å²) < 4.78 is 13.8. The van der Waals surface area contributed by atoms with E-state index in [-0.39, 0.29) is 18.1 Å². The zero-order chi connectivity index (χ0) is 23.2. The van der Waals surface area contributed by atoms with E-state index in [0.29, 0.717) is 47.2 Å². The molecule has 4 aromatic rings. The largest absolute Gasteiger partial charge is 0.493 e. The molecule has 10 heteroatoms. The molecule has 0 unspecified atom stereocenters. The van der Waals surface area contributed by atoms with Crippen LogP contribution in [-0.2, 0) is 17.9 Å². The number of halogens is 1. The maximum Gasteiger partial charge on any atom is 0.264 e. The Balaban J connectivity index is 1.35. The zero-order valence-electron chi connectivity index (χ0n) is 17.9. The fourth-order valence-corrected chi connectivity index (χ4v) is 3.55. The highest BCUT2D eigenvalue weighted by molar-refractivity contribution is 6.30. The van der Waals surface area contributed by atoms with Crippen LogP contribution in [0.5, 0.6) is 11.5 Å². The lowest BCUT2D eigenvalue weighted by Crippen LogP contribution is -2.32. The molecule has 33 heavy (non-hydrogen) atoms. The summed E-state index contributed by atoms with van der Waals surface area (Å²) in [6.07, 6.45) is 2.98. The number of hydrogen-bond donors (Lipinski definition) is 1. The van der Waals surface area contributed by atoms with Gasteiger partial charge in [-0.1, -0.05) is 35.9 Å². The normalized spacial score (nSPS) is 10.8. The molecule has 0 saturated carbocycles. The van der Waals surface area contributed by atoms with Gasteiger partial charge in [0.25, 0.3) is 11.5 Å². The molecule has 0 saturated heterocycles. The van der Waals surface area contributed by atoms with Gasteiger partial charge in [-0.3, -0.25) is 14.2 Å². The van der Waals surface area contributed by atoms with Crippen LogP contribution in [0, 0.1) is 0 Å². The second-order valence-corrected chi connectivity index (χ2v) is 7.64. The van der Waals surface area contributed by atoms with Crippen molar-refractivity contribution in [2.75, 3.05) is 20.3 Å². The van der Waals surface area contributed by atoms with Crippen molar-refractivity contribution in [1.82, 2.24) is 24.6 Å². The van der Waals surface area contributed by atoms with Gasteiger partial charge in [0.1, 0.15) is 11.7 Å². The molecule has 9 nitrogen and oxygen atoms in total. The summed E-state index contributed by atoms with van der Waals surface area (Å²) >= 11 is 6.02. The first-order valence-corrected chi connectivity index (χ1v) is 10.6. The number of amides is 1. The first kappa shape index (κ1) is 22.3. The number of methoxy groups -OCH3 is 1. The third-order valence-corrected chi connectivity index (χ3v) is 5.17. The Labute approximate surface area is 194 Å². The minimum absolute atomic E-state index is 0.146. The molecule has 1 N–H and O–H groups in total. The fourth-order valence-electron chi connectivity index (χ4n) is 3.34. The maximum atomic E-state index is 12.8. The molecule has 0 radical (unpaired) electrons. The summed E-state index contributed by atoms with van der Waals surface area (Å²) in [6, 6.07) is 14.4.